The number of aryl methyl sites for hydroxylation is 3. The average Bonchev–Trinajstić information content (AvgIpc) is 2.92. The Labute approximate surface area is 130 Å². The molecule has 0 aliphatic rings. The van der Waals surface area contributed by atoms with Gasteiger partial charge in [0.15, 0.2) is 5.82 Å². The average molecular weight is 295 g/mol. The molecule has 1 aromatic carbocycles. The summed E-state index contributed by atoms with van der Waals surface area (Å²) in [5.41, 5.74) is 2.87. The second-order valence-electron chi connectivity index (χ2n) is 5.56. The van der Waals surface area contributed by atoms with Crippen LogP contribution in [0.1, 0.15) is 17.9 Å². The monoisotopic (exact) mass is 295 g/mol. The first-order valence-corrected chi connectivity index (χ1v) is 7.57. The Bertz CT molecular complexity index is 778. The van der Waals surface area contributed by atoms with Gasteiger partial charge in [0.05, 0.1) is 16.7 Å². The van der Waals surface area contributed by atoms with E-state index < -0.39 is 0 Å². The fourth-order valence-corrected chi connectivity index (χ4v) is 2.66. The lowest BCUT2D eigenvalue weighted by molar-refractivity contribution is 0.620. The first-order valence-electron chi connectivity index (χ1n) is 7.57. The number of fused-ring (bicyclic) bond motifs is 1. The Morgan fingerprint density at radius 2 is 1.82 bits per heavy atom. The van der Waals surface area contributed by atoms with E-state index in [1.54, 1.807) is 0 Å². The van der Waals surface area contributed by atoms with Gasteiger partial charge in [-0.15, -0.1) is 0 Å². The zero-order chi connectivity index (χ0) is 15.5. The van der Waals surface area contributed by atoms with Crippen LogP contribution in [-0.4, -0.2) is 33.1 Å². The highest BCUT2D eigenvalue weighted by Gasteiger charge is 2.09. The number of anilines is 1. The first-order chi connectivity index (χ1) is 10.6. The van der Waals surface area contributed by atoms with Crippen LogP contribution in [-0.2, 0) is 6.54 Å². The highest BCUT2D eigenvalue weighted by molar-refractivity contribution is 5.76. The lowest BCUT2D eigenvalue weighted by atomic mass is 10.2. The Morgan fingerprint density at radius 3 is 2.50 bits per heavy atom. The minimum atomic E-state index is 0.936. The normalized spacial score (nSPS) is 11.0. The third kappa shape index (κ3) is 2.93. The number of hydrogen-bond donors (Lipinski definition) is 0. The van der Waals surface area contributed by atoms with Gasteiger partial charge in [0.2, 0.25) is 0 Å². The van der Waals surface area contributed by atoms with Gasteiger partial charge < -0.3 is 9.47 Å². The number of para-hydroxylation sites is 2. The molecular weight excluding hydrogens is 274 g/mol. The van der Waals surface area contributed by atoms with Gasteiger partial charge in [-0.05, 0) is 32.4 Å². The van der Waals surface area contributed by atoms with E-state index in [-0.39, 0.29) is 0 Å². The molecule has 0 aliphatic carbocycles. The first kappa shape index (κ1) is 14.5. The van der Waals surface area contributed by atoms with Crippen molar-refractivity contribution in [3.8, 4) is 0 Å². The largest absolute Gasteiger partial charge is 0.358 e. The Balaban J connectivity index is 1.70. The molecule has 3 aromatic rings. The second-order valence-corrected chi connectivity index (χ2v) is 5.56. The number of hydrogen-bond acceptors (Lipinski definition) is 4. The van der Waals surface area contributed by atoms with E-state index in [4.69, 9.17) is 4.98 Å². The van der Waals surface area contributed by atoms with Crippen LogP contribution in [0.4, 0.5) is 5.82 Å². The van der Waals surface area contributed by atoms with Gasteiger partial charge >= 0.3 is 0 Å². The molecule has 0 saturated heterocycles. The predicted molar refractivity (Wildman–Crippen MR) is 89.1 cm³/mol. The maximum absolute atomic E-state index is 4.75. The highest BCUT2D eigenvalue weighted by atomic mass is 15.2. The highest BCUT2D eigenvalue weighted by Crippen LogP contribution is 2.19. The number of aromatic nitrogens is 4. The minimum absolute atomic E-state index is 0.936. The van der Waals surface area contributed by atoms with Crippen LogP contribution in [0.25, 0.3) is 11.0 Å². The van der Waals surface area contributed by atoms with E-state index >= 15 is 0 Å². The van der Waals surface area contributed by atoms with Crippen molar-refractivity contribution in [2.45, 2.75) is 26.8 Å². The molecule has 0 bridgehead atoms. The molecule has 0 aliphatic heterocycles. The number of benzene rings is 1. The van der Waals surface area contributed by atoms with Crippen molar-refractivity contribution in [1.82, 2.24) is 19.5 Å². The van der Waals surface area contributed by atoms with Gasteiger partial charge in [-0.25, -0.2) is 15.0 Å². The smallest absolute Gasteiger partial charge is 0.150 e. The third-order valence-electron chi connectivity index (χ3n) is 3.90. The van der Waals surface area contributed by atoms with Crippen molar-refractivity contribution >= 4 is 16.9 Å². The van der Waals surface area contributed by atoms with Crippen LogP contribution in [0.5, 0.6) is 0 Å². The molecular formula is C17H21N5. The number of rotatable bonds is 5. The summed E-state index contributed by atoms with van der Waals surface area (Å²) < 4.78 is 2.17. The van der Waals surface area contributed by atoms with Gasteiger partial charge in [-0.3, -0.25) is 0 Å². The van der Waals surface area contributed by atoms with Gasteiger partial charge in [0.1, 0.15) is 5.82 Å². The molecule has 0 atom stereocenters. The lowest BCUT2D eigenvalue weighted by Gasteiger charge is -2.20. The van der Waals surface area contributed by atoms with Crippen molar-refractivity contribution < 1.29 is 0 Å². The van der Waals surface area contributed by atoms with Gasteiger partial charge in [-0.1, -0.05) is 12.1 Å². The quantitative estimate of drug-likeness (QED) is 0.726. The van der Waals surface area contributed by atoms with Crippen LogP contribution in [0, 0.1) is 13.8 Å². The molecule has 3 rings (SSSR count). The summed E-state index contributed by atoms with van der Waals surface area (Å²) in [6.45, 7) is 5.95. The summed E-state index contributed by atoms with van der Waals surface area (Å²) in [5.74, 6) is 2.02. The Morgan fingerprint density at radius 1 is 1.09 bits per heavy atom. The lowest BCUT2D eigenvalue weighted by Crippen LogP contribution is -2.22. The van der Waals surface area contributed by atoms with Crippen molar-refractivity contribution in [2.24, 2.45) is 0 Å². The molecule has 114 valence electrons. The number of imidazole rings is 1. The summed E-state index contributed by atoms with van der Waals surface area (Å²) in [7, 11) is 2.08. The van der Waals surface area contributed by atoms with E-state index in [2.05, 4.69) is 26.5 Å². The zero-order valence-electron chi connectivity index (χ0n) is 13.3. The standard InChI is InChI=1S/C17H21N5/c1-13-17(20-16-8-5-4-7-15(16)19-13)21(3)10-6-11-22-12-9-18-14(22)2/h4-5,7-9,12H,6,10-11H2,1-3H3. The molecule has 0 radical (unpaired) electrons. The molecule has 5 nitrogen and oxygen atoms in total. The number of nitrogens with zero attached hydrogens (tertiary/aromatic N) is 5. The molecule has 2 heterocycles. The fraction of sp³-hybridized carbons (Fsp3) is 0.353. The molecule has 0 N–H and O–H groups in total. The third-order valence-corrected chi connectivity index (χ3v) is 3.90. The zero-order valence-corrected chi connectivity index (χ0v) is 13.3. The van der Waals surface area contributed by atoms with Crippen molar-refractivity contribution in [3.05, 3.63) is 48.2 Å². The van der Waals surface area contributed by atoms with Crippen LogP contribution in [0.2, 0.25) is 0 Å². The van der Waals surface area contributed by atoms with Crippen molar-refractivity contribution in [2.75, 3.05) is 18.5 Å². The fourth-order valence-electron chi connectivity index (χ4n) is 2.66. The Kier molecular flexibility index (Phi) is 4.04. The maximum atomic E-state index is 4.75. The molecule has 22 heavy (non-hydrogen) atoms. The van der Waals surface area contributed by atoms with Crippen molar-refractivity contribution in [3.63, 3.8) is 0 Å². The maximum Gasteiger partial charge on any atom is 0.150 e. The molecule has 5 heteroatoms. The summed E-state index contributed by atoms with van der Waals surface area (Å²) in [6, 6.07) is 8.00. The molecule has 0 amide bonds. The van der Waals surface area contributed by atoms with E-state index in [1.165, 1.54) is 0 Å². The predicted octanol–water partition coefficient (Wildman–Crippen LogP) is 2.97. The van der Waals surface area contributed by atoms with Crippen LogP contribution >= 0.6 is 0 Å². The molecule has 0 spiro atoms. The summed E-state index contributed by atoms with van der Waals surface area (Å²) >= 11 is 0. The molecule has 0 saturated carbocycles. The summed E-state index contributed by atoms with van der Waals surface area (Å²) in [5, 5.41) is 0. The Hall–Kier alpha value is -2.43. The van der Waals surface area contributed by atoms with E-state index in [1.807, 2.05) is 50.5 Å². The van der Waals surface area contributed by atoms with E-state index in [9.17, 15) is 0 Å². The molecule has 0 unspecified atom stereocenters. The van der Waals surface area contributed by atoms with Gasteiger partial charge in [0.25, 0.3) is 0 Å². The second kappa shape index (κ2) is 6.13. The summed E-state index contributed by atoms with van der Waals surface area (Å²) in [4.78, 5) is 15.8. The minimum Gasteiger partial charge on any atom is -0.358 e. The SMILES string of the molecule is Cc1nc2ccccc2nc1N(C)CCCn1ccnc1C. The van der Waals surface area contributed by atoms with Crippen LogP contribution < -0.4 is 4.90 Å². The van der Waals surface area contributed by atoms with Crippen LogP contribution in [0.15, 0.2) is 36.7 Å². The van der Waals surface area contributed by atoms with E-state index in [0.29, 0.717) is 0 Å². The van der Waals surface area contributed by atoms with Gasteiger partial charge in [-0.2, -0.15) is 0 Å². The van der Waals surface area contributed by atoms with E-state index in [0.717, 1.165) is 47.9 Å². The van der Waals surface area contributed by atoms with Crippen molar-refractivity contribution in [1.29, 1.82) is 0 Å². The molecule has 0 fully saturated rings. The summed E-state index contributed by atoms with van der Waals surface area (Å²) in [6.07, 6.45) is 4.91. The van der Waals surface area contributed by atoms with Gasteiger partial charge in [0, 0.05) is 32.5 Å². The van der Waals surface area contributed by atoms with Crippen LogP contribution in [0.3, 0.4) is 0 Å². The molecule has 2 aromatic heterocycles. The topological polar surface area (TPSA) is 46.8 Å².